The summed E-state index contributed by atoms with van der Waals surface area (Å²) in [6.45, 7) is 5.44. The van der Waals surface area contributed by atoms with Gasteiger partial charge in [-0.3, -0.25) is 9.69 Å². The maximum absolute atomic E-state index is 10.7. The summed E-state index contributed by atoms with van der Waals surface area (Å²) >= 11 is 0. The van der Waals surface area contributed by atoms with Gasteiger partial charge in [0, 0.05) is 12.1 Å². The van der Waals surface area contributed by atoms with Crippen molar-refractivity contribution in [1.82, 2.24) is 4.90 Å². The maximum atomic E-state index is 10.7. The number of piperidine rings is 1. The van der Waals surface area contributed by atoms with Gasteiger partial charge in [0.2, 0.25) is 0 Å². The van der Waals surface area contributed by atoms with Crippen LogP contribution in [0.2, 0.25) is 0 Å². The summed E-state index contributed by atoms with van der Waals surface area (Å²) in [5.41, 5.74) is 0.944. The molecule has 1 aromatic carbocycles. The fourth-order valence-corrected chi connectivity index (χ4v) is 2.86. The quantitative estimate of drug-likeness (QED) is 0.791. The fraction of sp³-hybridized carbons (Fsp3) is 0.389. The van der Waals surface area contributed by atoms with Crippen LogP contribution in [0.15, 0.2) is 40.8 Å². The predicted octanol–water partition coefficient (Wildman–Crippen LogP) is 3.62. The Kier molecular flexibility index (Phi) is 4.59. The van der Waals surface area contributed by atoms with Gasteiger partial charge in [-0.15, -0.1) is 0 Å². The molecule has 116 valence electrons. The topological polar surface area (TPSA) is 42.7 Å². The van der Waals surface area contributed by atoms with Gasteiger partial charge in [-0.2, -0.15) is 0 Å². The number of hydrogen-bond donors (Lipinski definition) is 0. The minimum absolute atomic E-state index is 0.268. The molecule has 0 saturated carbocycles. The van der Waals surface area contributed by atoms with E-state index in [4.69, 9.17) is 9.15 Å². The monoisotopic (exact) mass is 299 g/mol. The number of hydrogen-bond acceptors (Lipinski definition) is 4. The second-order valence-corrected chi connectivity index (χ2v) is 5.62. The van der Waals surface area contributed by atoms with Crippen molar-refractivity contribution in [2.75, 3.05) is 19.6 Å². The highest BCUT2D eigenvalue weighted by atomic mass is 16.5. The number of ether oxygens (including phenoxy) is 1. The molecule has 0 spiro atoms. The smallest absolute Gasteiger partial charge is 0.185 e. The Labute approximate surface area is 130 Å². The molecular weight excluding hydrogens is 278 g/mol. The third-order valence-electron chi connectivity index (χ3n) is 4.09. The standard InChI is InChI=1S/C18H21NO3/c1-2-19-11-3-4-16(12-19)21-15-7-5-14(6-8-15)18-10-9-17(13-20)22-18/h5-10,13,16H,2-4,11-12H2,1H3. The molecule has 1 atom stereocenters. The van der Waals surface area contributed by atoms with Crippen molar-refractivity contribution in [1.29, 1.82) is 0 Å². The van der Waals surface area contributed by atoms with Crippen molar-refractivity contribution < 1.29 is 13.9 Å². The number of carbonyl (C=O) groups excluding carboxylic acids is 1. The lowest BCUT2D eigenvalue weighted by Gasteiger charge is -2.32. The van der Waals surface area contributed by atoms with Crippen LogP contribution in [0.1, 0.15) is 30.3 Å². The first-order valence-corrected chi connectivity index (χ1v) is 7.83. The molecule has 1 aromatic heterocycles. The molecule has 22 heavy (non-hydrogen) atoms. The Hall–Kier alpha value is -2.07. The summed E-state index contributed by atoms with van der Waals surface area (Å²) in [4.78, 5) is 13.1. The number of aldehydes is 1. The Bertz CT molecular complexity index is 618. The summed E-state index contributed by atoms with van der Waals surface area (Å²) in [5, 5.41) is 0. The molecule has 3 rings (SSSR count). The molecule has 2 heterocycles. The van der Waals surface area contributed by atoms with Crippen molar-refractivity contribution in [3.05, 3.63) is 42.2 Å². The fourth-order valence-electron chi connectivity index (χ4n) is 2.86. The number of likely N-dealkylation sites (tertiary alicyclic amines) is 1. The van der Waals surface area contributed by atoms with E-state index in [2.05, 4.69) is 11.8 Å². The van der Waals surface area contributed by atoms with Crippen LogP contribution in [-0.2, 0) is 0 Å². The summed E-state index contributed by atoms with van der Waals surface area (Å²) in [5.74, 6) is 1.93. The first kappa shape index (κ1) is 14.9. The molecular formula is C18H21NO3. The molecule has 1 unspecified atom stereocenters. The van der Waals surface area contributed by atoms with Gasteiger partial charge < -0.3 is 9.15 Å². The Morgan fingerprint density at radius 3 is 2.77 bits per heavy atom. The number of benzene rings is 1. The third-order valence-corrected chi connectivity index (χ3v) is 4.09. The van der Waals surface area contributed by atoms with E-state index >= 15 is 0 Å². The second-order valence-electron chi connectivity index (χ2n) is 5.62. The van der Waals surface area contributed by atoms with Gasteiger partial charge in [-0.05, 0) is 62.3 Å². The van der Waals surface area contributed by atoms with Crippen molar-refractivity contribution in [3.63, 3.8) is 0 Å². The molecule has 1 fully saturated rings. The zero-order valence-corrected chi connectivity index (χ0v) is 12.8. The van der Waals surface area contributed by atoms with Crippen molar-refractivity contribution in [2.45, 2.75) is 25.9 Å². The molecule has 1 aliphatic heterocycles. The Balaban J connectivity index is 1.65. The Morgan fingerprint density at radius 1 is 1.27 bits per heavy atom. The molecule has 0 amide bonds. The highest BCUT2D eigenvalue weighted by molar-refractivity contribution is 5.72. The van der Waals surface area contributed by atoms with E-state index in [1.807, 2.05) is 24.3 Å². The van der Waals surface area contributed by atoms with Crippen LogP contribution in [0.3, 0.4) is 0 Å². The first-order valence-electron chi connectivity index (χ1n) is 7.83. The van der Waals surface area contributed by atoms with E-state index in [1.165, 1.54) is 13.0 Å². The largest absolute Gasteiger partial charge is 0.489 e. The Morgan fingerprint density at radius 2 is 2.09 bits per heavy atom. The van der Waals surface area contributed by atoms with Crippen LogP contribution in [-0.4, -0.2) is 36.9 Å². The number of nitrogens with zero attached hydrogens (tertiary/aromatic N) is 1. The molecule has 0 aliphatic carbocycles. The highest BCUT2D eigenvalue weighted by Crippen LogP contribution is 2.25. The molecule has 0 bridgehead atoms. The first-order chi connectivity index (χ1) is 10.8. The lowest BCUT2D eigenvalue weighted by Crippen LogP contribution is -2.40. The van der Waals surface area contributed by atoms with Crippen LogP contribution in [0.4, 0.5) is 0 Å². The number of furan rings is 1. The minimum Gasteiger partial charge on any atom is -0.489 e. The normalized spacial score (nSPS) is 19.0. The molecule has 0 N–H and O–H groups in total. The zero-order chi connectivity index (χ0) is 15.4. The number of likely N-dealkylation sites (N-methyl/N-ethyl adjacent to an activating group) is 1. The summed E-state index contributed by atoms with van der Waals surface area (Å²) in [6, 6.07) is 11.3. The maximum Gasteiger partial charge on any atom is 0.185 e. The summed E-state index contributed by atoms with van der Waals surface area (Å²) in [6.07, 6.45) is 3.28. The average molecular weight is 299 g/mol. The molecule has 0 radical (unpaired) electrons. The highest BCUT2D eigenvalue weighted by Gasteiger charge is 2.20. The van der Waals surface area contributed by atoms with Crippen molar-refractivity contribution >= 4 is 6.29 Å². The molecule has 4 nitrogen and oxygen atoms in total. The SMILES string of the molecule is CCN1CCCC(Oc2ccc(-c3ccc(C=O)o3)cc2)C1. The van der Waals surface area contributed by atoms with Crippen LogP contribution in [0, 0.1) is 0 Å². The van der Waals surface area contributed by atoms with Crippen molar-refractivity contribution in [2.24, 2.45) is 0 Å². The van der Waals surface area contributed by atoms with E-state index in [0.29, 0.717) is 17.8 Å². The van der Waals surface area contributed by atoms with E-state index in [9.17, 15) is 4.79 Å². The van der Waals surface area contributed by atoms with Gasteiger partial charge in [0.05, 0.1) is 0 Å². The summed E-state index contributed by atoms with van der Waals surface area (Å²) < 4.78 is 11.5. The molecule has 4 heteroatoms. The number of carbonyl (C=O) groups is 1. The van der Waals surface area contributed by atoms with Crippen LogP contribution >= 0.6 is 0 Å². The predicted molar refractivity (Wildman–Crippen MR) is 85.3 cm³/mol. The van der Waals surface area contributed by atoms with Gasteiger partial charge in [-0.25, -0.2) is 0 Å². The average Bonchev–Trinajstić information content (AvgIpc) is 3.05. The third kappa shape index (κ3) is 3.39. The zero-order valence-electron chi connectivity index (χ0n) is 12.8. The summed E-state index contributed by atoms with van der Waals surface area (Å²) in [7, 11) is 0. The van der Waals surface area contributed by atoms with E-state index in [1.54, 1.807) is 12.1 Å². The van der Waals surface area contributed by atoms with Gasteiger partial charge >= 0.3 is 0 Å². The van der Waals surface area contributed by atoms with Crippen LogP contribution in [0.5, 0.6) is 5.75 Å². The van der Waals surface area contributed by atoms with Gasteiger partial charge in [0.1, 0.15) is 17.6 Å². The molecule has 2 aromatic rings. The van der Waals surface area contributed by atoms with E-state index < -0.39 is 0 Å². The molecule has 1 aliphatic rings. The lowest BCUT2D eigenvalue weighted by molar-refractivity contribution is 0.0920. The van der Waals surface area contributed by atoms with Crippen molar-refractivity contribution in [3.8, 4) is 17.1 Å². The van der Waals surface area contributed by atoms with Gasteiger partial charge in [0.15, 0.2) is 12.0 Å². The molecule has 1 saturated heterocycles. The van der Waals surface area contributed by atoms with Crippen LogP contribution in [0.25, 0.3) is 11.3 Å². The van der Waals surface area contributed by atoms with Crippen LogP contribution < -0.4 is 4.74 Å². The van der Waals surface area contributed by atoms with E-state index in [-0.39, 0.29) is 6.10 Å². The second kappa shape index (κ2) is 6.79. The van der Waals surface area contributed by atoms with Gasteiger partial charge in [0.25, 0.3) is 0 Å². The van der Waals surface area contributed by atoms with Gasteiger partial charge in [-0.1, -0.05) is 6.92 Å². The lowest BCUT2D eigenvalue weighted by atomic mass is 10.1. The minimum atomic E-state index is 0.268. The van der Waals surface area contributed by atoms with E-state index in [0.717, 1.165) is 30.8 Å². The number of rotatable bonds is 5.